The zero-order valence-electron chi connectivity index (χ0n) is 18.3. The number of rotatable bonds is 14. The second-order valence-electron chi connectivity index (χ2n) is 9.74. The molecule has 0 saturated heterocycles. The van der Waals surface area contributed by atoms with E-state index in [1.54, 1.807) is 0 Å². The van der Waals surface area contributed by atoms with E-state index in [2.05, 4.69) is 58.9 Å². The van der Waals surface area contributed by atoms with E-state index < -0.39 is 33.8 Å². The van der Waals surface area contributed by atoms with Crippen molar-refractivity contribution in [1.29, 1.82) is 0 Å². The van der Waals surface area contributed by atoms with Gasteiger partial charge in [0.15, 0.2) is 25.0 Å². The first-order chi connectivity index (χ1) is 11.6. The standard InChI is InChI=1S/C16H42O6Si4/c1-23(2,3)20-26(21-24(4,5)6,22-25(7,8)9)12-10-11-19-15-16(13-17)14-18/h16-18H,10-15H2,1-9H3. The minimum Gasteiger partial charge on any atom is -0.417 e. The van der Waals surface area contributed by atoms with E-state index in [-0.39, 0.29) is 19.1 Å². The van der Waals surface area contributed by atoms with Gasteiger partial charge in [0.25, 0.3) is 0 Å². The molecular weight excluding hydrogens is 401 g/mol. The van der Waals surface area contributed by atoms with Gasteiger partial charge in [-0.3, -0.25) is 0 Å². The molecule has 0 aliphatic rings. The molecule has 158 valence electrons. The molecule has 26 heavy (non-hydrogen) atoms. The van der Waals surface area contributed by atoms with Crippen LogP contribution in [0.25, 0.3) is 0 Å². The van der Waals surface area contributed by atoms with E-state index in [4.69, 9.17) is 27.3 Å². The molecule has 0 bridgehead atoms. The predicted octanol–water partition coefficient (Wildman–Crippen LogP) is 3.49. The average molecular weight is 443 g/mol. The smallest absolute Gasteiger partial charge is 0.417 e. The van der Waals surface area contributed by atoms with Gasteiger partial charge < -0.3 is 27.3 Å². The summed E-state index contributed by atoms with van der Waals surface area (Å²) in [5, 5.41) is 18.2. The number of aliphatic hydroxyl groups is 2. The lowest BCUT2D eigenvalue weighted by Crippen LogP contribution is -2.60. The third-order valence-corrected chi connectivity index (χ3v) is 15.1. The van der Waals surface area contributed by atoms with Crippen LogP contribution in [0.1, 0.15) is 6.42 Å². The molecule has 0 spiro atoms. The molecule has 0 saturated carbocycles. The van der Waals surface area contributed by atoms with Gasteiger partial charge in [0.1, 0.15) is 0 Å². The molecule has 10 heteroatoms. The second kappa shape index (κ2) is 11.0. The third-order valence-electron chi connectivity index (χ3n) is 3.03. The van der Waals surface area contributed by atoms with Gasteiger partial charge in [-0.05, 0) is 65.3 Å². The molecule has 0 atom stereocenters. The summed E-state index contributed by atoms with van der Waals surface area (Å²) in [4.78, 5) is 0. The van der Waals surface area contributed by atoms with Crippen LogP contribution in [-0.2, 0) is 17.1 Å². The zero-order chi connectivity index (χ0) is 20.6. The Labute approximate surface area is 165 Å². The lowest BCUT2D eigenvalue weighted by molar-refractivity contribution is 0.0444. The van der Waals surface area contributed by atoms with Crippen LogP contribution < -0.4 is 0 Å². The van der Waals surface area contributed by atoms with E-state index in [0.717, 1.165) is 12.5 Å². The summed E-state index contributed by atoms with van der Waals surface area (Å²) in [6, 6.07) is 0.745. The van der Waals surface area contributed by atoms with Crippen LogP contribution in [0.15, 0.2) is 0 Å². The third kappa shape index (κ3) is 13.7. The van der Waals surface area contributed by atoms with Gasteiger partial charge in [0, 0.05) is 18.6 Å². The van der Waals surface area contributed by atoms with Crippen LogP contribution >= 0.6 is 0 Å². The largest absolute Gasteiger partial charge is 0.469 e. The highest BCUT2D eigenvalue weighted by molar-refractivity contribution is 6.90. The highest BCUT2D eigenvalue weighted by atomic mass is 28.5. The second-order valence-corrected chi connectivity index (χ2v) is 26.7. The normalized spacial score (nSPS) is 14.3. The van der Waals surface area contributed by atoms with Crippen LogP contribution in [0.2, 0.25) is 65.0 Å². The summed E-state index contributed by atoms with van der Waals surface area (Å²) in [6.45, 7) is 20.4. The first kappa shape index (κ1) is 26.6. The molecular formula is C16H42O6Si4. The molecule has 0 unspecified atom stereocenters. The Balaban J connectivity index is 5.09. The van der Waals surface area contributed by atoms with Crippen molar-refractivity contribution in [2.24, 2.45) is 5.92 Å². The van der Waals surface area contributed by atoms with E-state index >= 15 is 0 Å². The average Bonchev–Trinajstić information content (AvgIpc) is 2.36. The van der Waals surface area contributed by atoms with E-state index in [1.165, 1.54) is 0 Å². The Kier molecular flexibility index (Phi) is 11.2. The van der Waals surface area contributed by atoms with E-state index in [9.17, 15) is 0 Å². The molecule has 0 amide bonds. The lowest BCUT2D eigenvalue weighted by Gasteiger charge is -2.42. The summed E-state index contributed by atoms with van der Waals surface area (Å²) in [5.41, 5.74) is 0. The van der Waals surface area contributed by atoms with Gasteiger partial charge in [-0.15, -0.1) is 0 Å². The van der Waals surface area contributed by atoms with Crippen molar-refractivity contribution in [2.75, 3.05) is 26.4 Å². The maximum atomic E-state index is 9.12. The summed E-state index contributed by atoms with van der Waals surface area (Å²) >= 11 is 0. The molecule has 0 aromatic heterocycles. The molecule has 2 N–H and O–H groups in total. The topological polar surface area (TPSA) is 77.4 Å². The SMILES string of the molecule is C[Si](C)(C)O[Si](CCCOCC(CO)CO)(O[Si](C)(C)C)O[Si](C)(C)C. The van der Waals surface area contributed by atoms with Crippen molar-refractivity contribution >= 4 is 33.8 Å². The molecule has 0 aromatic rings. The first-order valence-electron chi connectivity index (χ1n) is 9.51. The van der Waals surface area contributed by atoms with Crippen LogP contribution in [0.3, 0.4) is 0 Å². The maximum Gasteiger partial charge on any atom is 0.469 e. The number of aliphatic hydroxyl groups excluding tert-OH is 2. The predicted molar refractivity (Wildman–Crippen MR) is 117 cm³/mol. The number of hydrogen-bond acceptors (Lipinski definition) is 6. The van der Waals surface area contributed by atoms with E-state index in [1.807, 2.05) is 0 Å². The maximum absolute atomic E-state index is 9.12. The van der Waals surface area contributed by atoms with Crippen molar-refractivity contribution in [2.45, 2.75) is 71.4 Å². The van der Waals surface area contributed by atoms with Gasteiger partial charge in [-0.25, -0.2) is 0 Å². The van der Waals surface area contributed by atoms with Crippen LogP contribution in [0.4, 0.5) is 0 Å². The summed E-state index contributed by atoms with van der Waals surface area (Å²) < 4.78 is 25.5. The minimum absolute atomic E-state index is 0.0641. The molecule has 6 nitrogen and oxygen atoms in total. The first-order valence-corrected chi connectivity index (χ1v) is 21.7. The Morgan fingerprint density at radius 1 is 0.692 bits per heavy atom. The Morgan fingerprint density at radius 3 is 1.38 bits per heavy atom. The van der Waals surface area contributed by atoms with Gasteiger partial charge in [0.2, 0.25) is 0 Å². The van der Waals surface area contributed by atoms with Crippen LogP contribution in [0.5, 0.6) is 0 Å². The van der Waals surface area contributed by atoms with Crippen molar-refractivity contribution in [3.63, 3.8) is 0 Å². The highest BCUT2D eigenvalue weighted by Crippen LogP contribution is 2.29. The molecule has 0 heterocycles. The summed E-state index contributed by atoms with van der Waals surface area (Å²) in [5.74, 6) is -0.216. The molecule has 0 fully saturated rings. The van der Waals surface area contributed by atoms with Crippen molar-refractivity contribution in [3.05, 3.63) is 0 Å². The minimum atomic E-state index is -2.79. The monoisotopic (exact) mass is 442 g/mol. The molecule has 0 aliphatic carbocycles. The molecule has 0 radical (unpaired) electrons. The fraction of sp³-hybridized carbons (Fsp3) is 1.00. The van der Waals surface area contributed by atoms with Gasteiger partial charge in [-0.2, -0.15) is 0 Å². The summed E-state index contributed by atoms with van der Waals surface area (Å²) in [7, 11) is -8.31. The van der Waals surface area contributed by atoms with Gasteiger partial charge >= 0.3 is 8.80 Å². The Morgan fingerprint density at radius 2 is 1.08 bits per heavy atom. The van der Waals surface area contributed by atoms with Crippen molar-refractivity contribution in [3.8, 4) is 0 Å². The number of hydrogen-bond donors (Lipinski definition) is 2. The molecule has 0 aromatic carbocycles. The van der Waals surface area contributed by atoms with E-state index in [0.29, 0.717) is 13.2 Å². The zero-order valence-corrected chi connectivity index (χ0v) is 22.3. The Bertz CT molecular complexity index is 345. The van der Waals surface area contributed by atoms with Crippen molar-refractivity contribution < 1.29 is 27.3 Å². The number of ether oxygens (including phenoxy) is 1. The van der Waals surface area contributed by atoms with Gasteiger partial charge in [-0.1, -0.05) is 0 Å². The molecule has 0 aliphatic heterocycles. The fourth-order valence-electron chi connectivity index (χ4n) is 2.42. The quantitative estimate of drug-likeness (QED) is 0.317. The van der Waals surface area contributed by atoms with Crippen molar-refractivity contribution in [1.82, 2.24) is 0 Å². The van der Waals surface area contributed by atoms with Gasteiger partial charge in [0.05, 0.1) is 19.8 Å². The lowest BCUT2D eigenvalue weighted by atomic mass is 10.2. The highest BCUT2D eigenvalue weighted by Gasteiger charge is 2.49. The molecule has 0 rings (SSSR count). The Hall–Kier alpha value is 0.628. The summed E-state index contributed by atoms with van der Waals surface area (Å²) in [6.07, 6.45) is 0.787. The van der Waals surface area contributed by atoms with Crippen LogP contribution in [0, 0.1) is 5.92 Å². The fourth-order valence-corrected chi connectivity index (χ4v) is 17.0. The van der Waals surface area contributed by atoms with Crippen LogP contribution in [-0.4, -0.2) is 70.4 Å².